The van der Waals surface area contributed by atoms with Crippen molar-refractivity contribution in [3.8, 4) is 0 Å². The molecule has 0 aliphatic rings. The van der Waals surface area contributed by atoms with Crippen molar-refractivity contribution in [3.63, 3.8) is 0 Å². The predicted octanol–water partition coefficient (Wildman–Crippen LogP) is 2.40. The monoisotopic (exact) mass is 236 g/mol. The highest BCUT2D eigenvalue weighted by molar-refractivity contribution is 5.48. The summed E-state index contributed by atoms with van der Waals surface area (Å²) in [5.74, 6) is 0. The number of benzene rings is 1. The second kappa shape index (κ2) is 7.30. The Kier molecular flexibility index (Phi) is 6.01. The smallest absolute Gasteiger partial charge is 0.0481 e. The van der Waals surface area contributed by atoms with Gasteiger partial charge in [0.25, 0.3) is 0 Å². The zero-order chi connectivity index (χ0) is 12.7. The molecule has 17 heavy (non-hydrogen) atoms. The summed E-state index contributed by atoms with van der Waals surface area (Å²) in [6.07, 6.45) is 1.04. The van der Waals surface area contributed by atoms with Crippen LogP contribution in [0.1, 0.15) is 25.8 Å². The first-order valence-electron chi connectivity index (χ1n) is 6.27. The molecular weight excluding hydrogens is 212 g/mol. The quantitative estimate of drug-likeness (QED) is 0.790. The zero-order valence-electron chi connectivity index (χ0n) is 11.1. The molecule has 1 unspecified atom stereocenters. The Balaban J connectivity index is 2.70. The molecule has 3 nitrogen and oxygen atoms in total. The number of anilines is 1. The molecule has 0 aliphatic carbocycles. The molecule has 1 atom stereocenters. The molecule has 0 amide bonds. The van der Waals surface area contributed by atoms with Crippen LogP contribution in [0.15, 0.2) is 24.3 Å². The summed E-state index contributed by atoms with van der Waals surface area (Å²) in [5, 5.41) is 0. The maximum atomic E-state index is 5.60. The normalized spacial score (nSPS) is 12.5. The molecule has 0 fully saturated rings. The molecule has 1 aromatic carbocycles. The molecule has 3 heteroatoms. The number of hydrogen-bond acceptors (Lipinski definition) is 3. The molecule has 0 radical (unpaired) electrons. The predicted molar refractivity (Wildman–Crippen MR) is 73.3 cm³/mol. The Bertz CT molecular complexity index is 311. The minimum absolute atomic E-state index is 0.490. The summed E-state index contributed by atoms with van der Waals surface area (Å²) in [4.78, 5) is 2.39. The fraction of sp³-hybridized carbons (Fsp3) is 0.571. The van der Waals surface area contributed by atoms with Gasteiger partial charge in [-0.05, 0) is 38.0 Å². The van der Waals surface area contributed by atoms with Crippen molar-refractivity contribution in [1.29, 1.82) is 0 Å². The van der Waals surface area contributed by atoms with E-state index in [4.69, 9.17) is 10.5 Å². The second-order valence-corrected chi connectivity index (χ2v) is 4.29. The van der Waals surface area contributed by atoms with E-state index in [-0.39, 0.29) is 0 Å². The van der Waals surface area contributed by atoms with E-state index in [1.807, 2.05) is 0 Å². The molecule has 0 saturated carbocycles. The van der Waals surface area contributed by atoms with Gasteiger partial charge in [-0.25, -0.2) is 0 Å². The Hall–Kier alpha value is -1.06. The van der Waals surface area contributed by atoms with Crippen LogP contribution in [0.4, 0.5) is 5.69 Å². The van der Waals surface area contributed by atoms with Crippen molar-refractivity contribution in [1.82, 2.24) is 0 Å². The van der Waals surface area contributed by atoms with Crippen molar-refractivity contribution in [2.45, 2.75) is 32.9 Å². The van der Waals surface area contributed by atoms with Crippen LogP contribution in [0.3, 0.4) is 0 Å². The van der Waals surface area contributed by atoms with E-state index >= 15 is 0 Å². The van der Waals surface area contributed by atoms with Crippen LogP contribution in [0.25, 0.3) is 0 Å². The van der Waals surface area contributed by atoms with Crippen molar-refractivity contribution in [2.75, 3.05) is 25.2 Å². The van der Waals surface area contributed by atoms with Gasteiger partial charge in [0.05, 0.1) is 0 Å². The largest absolute Gasteiger partial charge is 0.385 e. The van der Waals surface area contributed by atoms with Crippen molar-refractivity contribution < 1.29 is 4.74 Å². The van der Waals surface area contributed by atoms with E-state index in [0.29, 0.717) is 12.6 Å². The zero-order valence-corrected chi connectivity index (χ0v) is 11.1. The van der Waals surface area contributed by atoms with Crippen LogP contribution in [-0.2, 0) is 11.3 Å². The van der Waals surface area contributed by atoms with E-state index in [0.717, 1.165) is 19.6 Å². The van der Waals surface area contributed by atoms with Crippen molar-refractivity contribution in [3.05, 3.63) is 29.8 Å². The Morgan fingerprint density at radius 1 is 1.29 bits per heavy atom. The fourth-order valence-electron chi connectivity index (χ4n) is 2.02. The fourth-order valence-corrected chi connectivity index (χ4v) is 2.02. The molecule has 0 aromatic heterocycles. The Morgan fingerprint density at radius 2 is 1.94 bits per heavy atom. The lowest BCUT2D eigenvalue weighted by atomic mass is 10.1. The number of nitrogens with zero attached hydrogens (tertiary/aromatic N) is 1. The van der Waals surface area contributed by atoms with Gasteiger partial charge in [-0.2, -0.15) is 0 Å². The summed E-state index contributed by atoms with van der Waals surface area (Å²) < 4.78 is 5.14. The molecule has 1 rings (SSSR count). The number of nitrogens with two attached hydrogens (primary N) is 1. The minimum atomic E-state index is 0.490. The molecule has 0 saturated heterocycles. The van der Waals surface area contributed by atoms with Crippen LogP contribution in [0.5, 0.6) is 0 Å². The lowest BCUT2D eigenvalue weighted by Gasteiger charge is -2.30. The van der Waals surface area contributed by atoms with Gasteiger partial charge in [0.2, 0.25) is 0 Å². The summed E-state index contributed by atoms with van der Waals surface area (Å²) in [6, 6.07) is 8.98. The average molecular weight is 236 g/mol. The molecule has 0 heterocycles. The first-order valence-corrected chi connectivity index (χ1v) is 6.27. The van der Waals surface area contributed by atoms with Crippen LogP contribution in [0, 0.1) is 0 Å². The van der Waals surface area contributed by atoms with E-state index in [1.54, 1.807) is 7.11 Å². The molecule has 2 N–H and O–H groups in total. The SMILES string of the molecule is CCN(c1ccc(CN)cc1)C(C)CCOC. The van der Waals surface area contributed by atoms with Crippen molar-refractivity contribution in [2.24, 2.45) is 5.73 Å². The number of rotatable bonds is 7. The van der Waals surface area contributed by atoms with E-state index < -0.39 is 0 Å². The standard InChI is InChI=1S/C14H24N2O/c1-4-16(12(2)9-10-17-3)14-7-5-13(11-15)6-8-14/h5-8,12H,4,9-11,15H2,1-3H3. The third kappa shape index (κ3) is 4.02. The van der Waals surface area contributed by atoms with Crippen LogP contribution in [0.2, 0.25) is 0 Å². The van der Waals surface area contributed by atoms with Gasteiger partial charge in [-0.3, -0.25) is 0 Å². The summed E-state index contributed by atoms with van der Waals surface area (Å²) in [6.45, 7) is 6.83. The van der Waals surface area contributed by atoms with Gasteiger partial charge in [0, 0.05) is 38.5 Å². The summed E-state index contributed by atoms with van der Waals surface area (Å²) >= 11 is 0. The van der Waals surface area contributed by atoms with E-state index in [9.17, 15) is 0 Å². The van der Waals surface area contributed by atoms with Crippen LogP contribution in [-0.4, -0.2) is 26.3 Å². The maximum Gasteiger partial charge on any atom is 0.0481 e. The lowest BCUT2D eigenvalue weighted by Crippen LogP contribution is -2.33. The third-order valence-electron chi connectivity index (χ3n) is 3.12. The highest BCUT2D eigenvalue weighted by Gasteiger charge is 2.12. The highest BCUT2D eigenvalue weighted by atomic mass is 16.5. The lowest BCUT2D eigenvalue weighted by molar-refractivity contribution is 0.188. The molecular formula is C14H24N2O. The number of ether oxygens (including phenoxy) is 1. The topological polar surface area (TPSA) is 38.5 Å². The Morgan fingerprint density at radius 3 is 2.41 bits per heavy atom. The van der Waals surface area contributed by atoms with Gasteiger partial charge >= 0.3 is 0 Å². The van der Waals surface area contributed by atoms with Gasteiger partial charge in [-0.1, -0.05) is 12.1 Å². The first kappa shape index (κ1) is 14.0. The van der Waals surface area contributed by atoms with Gasteiger partial charge < -0.3 is 15.4 Å². The molecule has 1 aromatic rings. The van der Waals surface area contributed by atoms with Crippen LogP contribution >= 0.6 is 0 Å². The highest BCUT2D eigenvalue weighted by Crippen LogP contribution is 2.19. The average Bonchev–Trinajstić information content (AvgIpc) is 2.38. The van der Waals surface area contributed by atoms with Gasteiger partial charge in [0.1, 0.15) is 0 Å². The molecule has 96 valence electrons. The van der Waals surface area contributed by atoms with Gasteiger partial charge in [-0.15, -0.1) is 0 Å². The van der Waals surface area contributed by atoms with E-state index in [2.05, 4.69) is 43.0 Å². The minimum Gasteiger partial charge on any atom is -0.385 e. The summed E-state index contributed by atoms with van der Waals surface area (Å²) in [5.41, 5.74) is 8.04. The van der Waals surface area contributed by atoms with Crippen LogP contribution < -0.4 is 10.6 Å². The molecule has 0 spiro atoms. The molecule has 0 aliphatic heterocycles. The second-order valence-electron chi connectivity index (χ2n) is 4.29. The number of hydrogen-bond donors (Lipinski definition) is 1. The Labute approximate surface area is 105 Å². The third-order valence-corrected chi connectivity index (χ3v) is 3.12. The first-order chi connectivity index (χ1) is 8.22. The number of methoxy groups -OCH3 is 1. The summed E-state index contributed by atoms with van der Waals surface area (Å²) in [7, 11) is 1.75. The van der Waals surface area contributed by atoms with Gasteiger partial charge in [0.15, 0.2) is 0 Å². The maximum absolute atomic E-state index is 5.60. The van der Waals surface area contributed by atoms with Crippen molar-refractivity contribution >= 4 is 5.69 Å². The molecule has 0 bridgehead atoms. The van der Waals surface area contributed by atoms with E-state index in [1.165, 1.54) is 11.3 Å².